The zero-order valence-electron chi connectivity index (χ0n) is 28.8. The smallest absolute Gasteiger partial charge is 0.246 e. The predicted octanol–water partition coefficient (Wildman–Crippen LogP) is 3.18. The normalized spacial score (nSPS) is 17.6. The molecule has 12 nitrogen and oxygen atoms in total. The lowest BCUT2D eigenvalue weighted by Crippen LogP contribution is -2.57. The molecule has 13 heteroatoms. The third-order valence-corrected chi connectivity index (χ3v) is 9.48. The van der Waals surface area contributed by atoms with Gasteiger partial charge < -0.3 is 36.8 Å². The van der Waals surface area contributed by atoms with Crippen LogP contribution in [0.15, 0.2) is 29.8 Å². The van der Waals surface area contributed by atoms with Crippen LogP contribution in [0.2, 0.25) is 0 Å². The van der Waals surface area contributed by atoms with Crippen molar-refractivity contribution in [2.45, 2.75) is 116 Å². The van der Waals surface area contributed by atoms with Crippen molar-refractivity contribution in [3.05, 3.63) is 41.0 Å². The maximum absolute atomic E-state index is 13.8. The number of hydrogen-bond donors (Lipinski definition) is 5. The van der Waals surface area contributed by atoms with Gasteiger partial charge in [-0.3, -0.25) is 19.2 Å². The minimum absolute atomic E-state index is 0.0330. The average molecular weight is 687 g/mol. The lowest BCUT2D eigenvalue weighted by Gasteiger charge is -2.35. The summed E-state index contributed by atoms with van der Waals surface area (Å²) in [6.45, 7) is 8.90. The Morgan fingerprint density at radius 3 is 2.42 bits per heavy atom. The lowest BCUT2D eigenvalue weighted by atomic mass is 9.85. The molecule has 4 atom stereocenters. The highest BCUT2D eigenvalue weighted by Crippen LogP contribution is 2.28. The number of unbranched alkanes of at least 4 members (excludes halogenated alkanes) is 4. The Kier molecular flexibility index (Phi) is 15.4. The molecule has 1 aliphatic heterocycles. The van der Waals surface area contributed by atoms with E-state index in [4.69, 9.17) is 16.2 Å². The fourth-order valence-electron chi connectivity index (χ4n) is 5.68. The molecule has 0 radical (unpaired) electrons. The Balaban J connectivity index is 1.43. The lowest BCUT2D eigenvalue weighted by molar-refractivity contribution is -0.144. The van der Waals surface area contributed by atoms with Gasteiger partial charge in [0.05, 0.1) is 28.8 Å². The van der Waals surface area contributed by atoms with Crippen molar-refractivity contribution in [2.24, 2.45) is 16.9 Å². The van der Waals surface area contributed by atoms with Gasteiger partial charge in [0, 0.05) is 45.0 Å². The van der Waals surface area contributed by atoms with Crippen LogP contribution in [0.25, 0.3) is 10.4 Å². The van der Waals surface area contributed by atoms with Crippen LogP contribution in [0, 0.1) is 12.3 Å². The van der Waals surface area contributed by atoms with Crippen LogP contribution in [0.5, 0.6) is 0 Å². The number of amides is 4. The number of carbonyl (C=O) groups excluding carboxylic acids is 4. The molecule has 1 aliphatic rings. The monoisotopic (exact) mass is 686 g/mol. The number of primary amides is 1. The second-order valence-electron chi connectivity index (χ2n) is 13.8. The van der Waals surface area contributed by atoms with Gasteiger partial charge in [-0.1, -0.05) is 64.3 Å². The summed E-state index contributed by atoms with van der Waals surface area (Å²) >= 11 is 1.58. The molecule has 0 bridgehead atoms. The Morgan fingerprint density at radius 1 is 1.08 bits per heavy atom. The van der Waals surface area contributed by atoms with Crippen molar-refractivity contribution in [3.63, 3.8) is 0 Å². The Labute approximate surface area is 288 Å². The molecule has 266 valence electrons. The van der Waals surface area contributed by atoms with E-state index < -0.39 is 23.6 Å². The van der Waals surface area contributed by atoms with Gasteiger partial charge in [-0.05, 0) is 42.7 Å². The summed E-state index contributed by atoms with van der Waals surface area (Å²) in [6, 6.07) is 6.03. The van der Waals surface area contributed by atoms with Crippen molar-refractivity contribution in [1.29, 1.82) is 0 Å². The van der Waals surface area contributed by atoms with Gasteiger partial charge in [-0.2, -0.15) is 0 Å². The molecule has 1 aromatic carbocycles. The standard InChI is InChI=1S/C35H54N6O6S/c1-23-31(48-22-39-23)25-13-11-24(12-14-25)19-38-33(45)28-18-27(42)20-41(28)34(46)32(35(2,3)4)40-30(44)10-8-6-5-7-9-17-47-21-26(36)15-16-29(37)43/h11-14,22,26-28,32,42H,5-10,15-21,36H2,1-4H3,(H2,37,43)(H,38,45)(H,40,44). The fourth-order valence-corrected chi connectivity index (χ4v) is 6.49. The number of aliphatic hydroxyl groups excluding tert-OH is 1. The van der Waals surface area contributed by atoms with E-state index in [0.29, 0.717) is 32.5 Å². The zero-order valence-corrected chi connectivity index (χ0v) is 29.7. The largest absolute Gasteiger partial charge is 0.391 e. The number of nitrogens with one attached hydrogen (secondary N) is 2. The third kappa shape index (κ3) is 12.6. The van der Waals surface area contributed by atoms with E-state index in [2.05, 4.69) is 15.6 Å². The Morgan fingerprint density at radius 2 is 1.77 bits per heavy atom. The number of nitrogens with two attached hydrogens (primary N) is 2. The van der Waals surface area contributed by atoms with Gasteiger partial charge in [0.25, 0.3) is 0 Å². The molecular formula is C35H54N6O6S. The summed E-state index contributed by atoms with van der Waals surface area (Å²) in [4.78, 5) is 57.7. The molecule has 7 N–H and O–H groups in total. The van der Waals surface area contributed by atoms with E-state index in [1.54, 1.807) is 11.3 Å². The van der Waals surface area contributed by atoms with Crippen LogP contribution in [-0.4, -0.2) is 82.6 Å². The highest BCUT2D eigenvalue weighted by atomic mass is 32.1. The molecule has 1 aromatic heterocycles. The van der Waals surface area contributed by atoms with Gasteiger partial charge in [0.2, 0.25) is 23.6 Å². The first-order chi connectivity index (χ1) is 22.8. The number of hydrogen-bond acceptors (Lipinski definition) is 9. The van der Waals surface area contributed by atoms with Crippen LogP contribution in [-0.2, 0) is 30.5 Å². The number of carbonyl (C=O) groups is 4. The topological polar surface area (TPSA) is 190 Å². The average Bonchev–Trinajstić information content (AvgIpc) is 3.65. The molecule has 48 heavy (non-hydrogen) atoms. The summed E-state index contributed by atoms with van der Waals surface area (Å²) in [5.74, 6) is -1.28. The van der Waals surface area contributed by atoms with Crippen molar-refractivity contribution >= 4 is 35.0 Å². The Bertz CT molecular complexity index is 1340. The first-order valence-corrected chi connectivity index (χ1v) is 17.8. The van der Waals surface area contributed by atoms with Gasteiger partial charge in [-0.25, -0.2) is 4.98 Å². The number of thiazole rings is 1. The maximum Gasteiger partial charge on any atom is 0.246 e. The van der Waals surface area contributed by atoms with E-state index in [1.807, 2.05) is 57.5 Å². The van der Waals surface area contributed by atoms with E-state index in [0.717, 1.165) is 47.4 Å². The summed E-state index contributed by atoms with van der Waals surface area (Å²) in [5, 5.41) is 16.3. The SMILES string of the molecule is Cc1ncsc1-c1ccc(CNC(=O)C2CC(O)CN2C(=O)C(NC(=O)CCCCCCCOCC(N)CCC(N)=O)C(C)(C)C)cc1. The first-order valence-electron chi connectivity index (χ1n) is 16.9. The number of β-amino-alcohol motifs (C(OH)–C–C–N with tert-alkyl or cyclic N) is 1. The predicted molar refractivity (Wildman–Crippen MR) is 187 cm³/mol. The minimum Gasteiger partial charge on any atom is -0.391 e. The molecule has 2 aromatic rings. The quantitative estimate of drug-likeness (QED) is 0.139. The van der Waals surface area contributed by atoms with E-state index in [-0.39, 0.29) is 55.6 Å². The van der Waals surface area contributed by atoms with Crippen LogP contribution < -0.4 is 22.1 Å². The zero-order chi connectivity index (χ0) is 35.3. The fraction of sp³-hybridized carbons (Fsp3) is 0.629. The van der Waals surface area contributed by atoms with Crippen LogP contribution in [0.4, 0.5) is 0 Å². The number of rotatable bonds is 19. The van der Waals surface area contributed by atoms with Crippen LogP contribution >= 0.6 is 11.3 Å². The summed E-state index contributed by atoms with van der Waals surface area (Å²) < 4.78 is 5.57. The molecular weight excluding hydrogens is 632 g/mol. The van der Waals surface area contributed by atoms with Crippen LogP contribution in [0.1, 0.15) is 89.8 Å². The van der Waals surface area contributed by atoms with Crippen molar-refractivity contribution < 1.29 is 29.0 Å². The minimum atomic E-state index is -0.847. The van der Waals surface area contributed by atoms with Gasteiger partial charge in [0.1, 0.15) is 12.1 Å². The third-order valence-electron chi connectivity index (χ3n) is 8.50. The van der Waals surface area contributed by atoms with Gasteiger partial charge in [-0.15, -0.1) is 11.3 Å². The number of benzene rings is 1. The highest BCUT2D eigenvalue weighted by molar-refractivity contribution is 7.13. The number of aliphatic hydroxyl groups is 1. The molecule has 0 spiro atoms. The number of aromatic nitrogens is 1. The number of likely N-dealkylation sites (tertiary alicyclic amines) is 1. The number of aryl methyl sites for hydroxylation is 1. The second kappa shape index (κ2) is 19.0. The Hall–Kier alpha value is -3.39. The van der Waals surface area contributed by atoms with Gasteiger partial charge >= 0.3 is 0 Å². The molecule has 4 amide bonds. The first kappa shape index (κ1) is 39.1. The molecule has 1 saturated heterocycles. The molecule has 0 aliphatic carbocycles. The maximum atomic E-state index is 13.8. The molecule has 1 fully saturated rings. The number of ether oxygens (including phenoxy) is 1. The van der Waals surface area contributed by atoms with Crippen LogP contribution in [0.3, 0.4) is 0 Å². The van der Waals surface area contributed by atoms with Crippen molar-refractivity contribution in [3.8, 4) is 10.4 Å². The van der Waals surface area contributed by atoms with Crippen molar-refractivity contribution in [2.75, 3.05) is 19.8 Å². The van der Waals surface area contributed by atoms with E-state index in [9.17, 15) is 24.3 Å². The summed E-state index contributed by atoms with van der Waals surface area (Å²) in [6.07, 6.45) is 4.72. The summed E-state index contributed by atoms with van der Waals surface area (Å²) in [7, 11) is 0. The second-order valence-corrected chi connectivity index (χ2v) is 14.7. The summed E-state index contributed by atoms with van der Waals surface area (Å²) in [5.41, 5.74) is 15.2. The molecule has 4 unspecified atom stereocenters. The van der Waals surface area contributed by atoms with Gasteiger partial charge in [0.15, 0.2) is 0 Å². The highest BCUT2D eigenvalue weighted by Gasteiger charge is 2.44. The number of nitrogens with zero attached hydrogens (tertiary/aromatic N) is 2. The molecule has 0 saturated carbocycles. The molecule has 2 heterocycles. The molecule has 3 rings (SSSR count). The van der Waals surface area contributed by atoms with E-state index >= 15 is 0 Å². The van der Waals surface area contributed by atoms with Crippen molar-refractivity contribution in [1.82, 2.24) is 20.5 Å². The van der Waals surface area contributed by atoms with E-state index in [1.165, 1.54) is 4.90 Å².